The number of benzene rings is 2. The van der Waals surface area contributed by atoms with Gasteiger partial charge in [0, 0.05) is 6.42 Å². The standard InChI is InChI=1S/C22H28N4O/c1-5-19(23-13-14-25(3)4)21-24-20-12-7-6-11-18(20)22(27)26(21)17-10-8-9-16(2)15-17/h6-12,15,19,23H,5,13-14H2,1-4H3/p+2/t19-/m1/s1. The molecule has 0 fully saturated rings. The monoisotopic (exact) mass is 366 g/mol. The molecule has 0 saturated heterocycles. The minimum absolute atomic E-state index is 0.00582. The van der Waals surface area contributed by atoms with Crippen LogP contribution in [0.2, 0.25) is 0 Å². The number of quaternary nitrogens is 2. The topological polar surface area (TPSA) is 55.9 Å². The molecule has 1 aromatic heterocycles. The Morgan fingerprint density at radius 2 is 1.93 bits per heavy atom. The summed E-state index contributed by atoms with van der Waals surface area (Å²) >= 11 is 0. The van der Waals surface area contributed by atoms with Crippen LogP contribution in [0.4, 0.5) is 0 Å². The van der Waals surface area contributed by atoms with E-state index in [1.807, 2.05) is 54.0 Å². The Hall–Kier alpha value is -2.50. The minimum atomic E-state index is 0.00582. The number of likely N-dealkylation sites (N-methyl/N-ethyl adjacent to an activating group) is 1. The summed E-state index contributed by atoms with van der Waals surface area (Å²) in [5, 5.41) is 2.98. The van der Waals surface area contributed by atoms with Crippen molar-refractivity contribution in [3.8, 4) is 5.69 Å². The first-order valence-corrected chi connectivity index (χ1v) is 9.72. The van der Waals surface area contributed by atoms with Gasteiger partial charge in [-0.3, -0.25) is 9.36 Å². The lowest BCUT2D eigenvalue weighted by molar-refractivity contribution is -0.877. The molecular formula is C22H30N4O+2. The zero-order valence-electron chi connectivity index (χ0n) is 16.7. The number of nitrogens with one attached hydrogen (secondary N) is 1. The third-order valence-electron chi connectivity index (χ3n) is 4.93. The maximum Gasteiger partial charge on any atom is 0.266 e. The molecule has 0 radical (unpaired) electrons. The van der Waals surface area contributed by atoms with Crippen LogP contribution in [0.3, 0.4) is 0 Å². The van der Waals surface area contributed by atoms with Crippen molar-refractivity contribution in [1.29, 1.82) is 0 Å². The third-order valence-corrected chi connectivity index (χ3v) is 4.93. The second-order valence-electron chi connectivity index (χ2n) is 7.46. The van der Waals surface area contributed by atoms with Gasteiger partial charge in [0.1, 0.15) is 19.1 Å². The van der Waals surface area contributed by atoms with Crippen LogP contribution < -0.4 is 15.8 Å². The summed E-state index contributed by atoms with van der Waals surface area (Å²) in [6.45, 7) is 6.27. The van der Waals surface area contributed by atoms with Gasteiger partial charge < -0.3 is 10.2 Å². The highest BCUT2D eigenvalue weighted by atomic mass is 16.1. The van der Waals surface area contributed by atoms with E-state index < -0.39 is 0 Å². The minimum Gasteiger partial charge on any atom is -0.335 e. The van der Waals surface area contributed by atoms with E-state index in [0.29, 0.717) is 5.39 Å². The van der Waals surface area contributed by atoms with Crippen LogP contribution in [-0.4, -0.2) is 36.7 Å². The molecular weight excluding hydrogens is 336 g/mol. The van der Waals surface area contributed by atoms with Gasteiger partial charge >= 0.3 is 0 Å². The van der Waals surface area contributed by atoms with Crippen molar-refractivity contribution in [1.82, 2.24) is 9.55 Å². The quantitative estimate of drug-likeness (QED) is 0.651. The van der Waals surface area contributed by atoms with E-state index in [-0.39, 0.29) is 11.6 Å². The molecule has 0 bridgehead atoms. The van der Waals surface area contributed by atoms with E-state index in [2.05, 4.69) is 32.4 Å². The van der Waals surface area contributed by atoms with Gasteiger partial charge in [-0.1, -0.05) is 31.2 Å². The Balaban J connectivity index is 2.17. The lowest BCUT2D eigenvalue weighted by Gasteiger charge is -2.20. The first kappa shape index (κ1) is 19.3. The number of nitrogens with zero attached hydrogens (tertiary/aromatic N) is 2. The molecule has 0 saturated carbocycles. The smallest absolute Gasteiger partial charge is 0.266 e. The first-order valence-electron chi connectivity index (χ1n) is 9.72. The highest BCUT2D eigenvalue weighted by molar-refractivity contribution is 5.77. The van der Waals surface area contributed by atoms with Crippen molar-refractivity contribution in [3.05, 3.63) is 70.3 Å². The van der Waals surface area contributed by atoms with Gasteiger partial charge in [-0.15, -0.1) is 0 Å². The average Bonchev–Trinajstić information content (AvgIpc) is 2.65. The molecule has 0 unspecified atom stereocenters. The Morgan fingerprint density at radius 1 is 1.15 bits per heavy atom. The summed E-state index contributed by atoms with van der Waals surface area (Å²) < 4.78 is 1.81. The molecule has 1 atom stereocenters. The number of aryl methyl sites for hydroxylation is 1. The molecule has 27 heavy (non-hydrogen) atoms. The molecule has 3 aromatic rings. The summed E-state index contributed by atoms with van der Waals surface area (Å²) in [5.74, 6) is 0.834. The lowest BCUT2D eigenvalue weighted by atomic mass is 10.1. The maximum absolute atomic E-state index is 13.4. The van der Waals surface area contributed by atoms with E-state index in [0.717, 1.165) is 42.1 Å². The molecule has 3 N–H and O–H groups in total. The van der Waals surface area contributed by atoms with Crippen molar-refractivity contribution >= 4 is 10.9 Å². The Kier molecular flexibility index (Phi) is 6.04. The molecule has 5 heteroatoms. The number of hydrogen-bond acceptors (Lipinski definition) is 2. The molecule has 0 amide bonds. The summed E-state index contributed by atoms with van der Waals surface area (Å²) in [6, 6.07) is 15.9. The van der Waals surface area contributed by atoms with Gasteiger partial charge in [-0.25, -0.2) is 4.98 Å². The average molecular weight is 367 g/mol. The second kappa shape index (κ2) is 8.46. The number of nitrogens with two attached hydrogens (primary N) is 1. The molecule has 3 rings (SSSR count). The molecule has 1 heterocycles. The summed E-state index contributed by atoms with van der Waals surface area (Å²) in [7, 11) is 4.32. The fourth-order valence-electron chi connectivity index (χ4n) is 3.44. The third kappa shape index (κ3) is 4.26. The molecule has 2 aromatic carbocycles. The van der Waals surface area contributed by atoms with Crippen molar-refractivity contribution in [2.24, 2.45) is 0 Å². The van der Waals surface area contributed by atoms with Crippen molar-refractivity contribution in [3.63, 3.8) is 0 Å². The second-order valence-corrected chi connectivity index (χ2v) is 7.46. The Bertz CT molecular complexity index is 977. The molecule has 142 valence electrons. The van der Waals surface area contributed by atoms with Gasteiger partial charge in [-0.2, -0.15) is 0 Å². The fraction of sp³-hybridized carbons (Fsp3) is 0.364. The molecule has 0 aliphatic carbocycles. The maximum atomic E-state index is 13.4. The number of fused-ring (bicyclic) bond motifs is 1. The number of hydrogen-bond donors (Lipinski definition) is 2. The van der Waals surface area contributed by atoms with Crippen LogP contribution in [0, 0.1) is 6.92 Å². The lowest BCUT2D eigenvalue weighted by Crippen LogP contribution is -3.09. The van der Waals surface area contributed by atoms with Gasteiger partial charge in [0.2, 0.25) is 0 Å². The van der Waals surface area contributed by atoms with E-state index in [1.165, 1.54) is 4.90 Å². The van der Waals surface area contributed by atoms with E-state index in [9.17, 15) is 4.79 Å². The van der Waals surface area contributed by atoms with Gasteiger partial charge in [0.25, 0.3) is 5.56 Å². The molecule has 0 aliphatic heterocycles. The molecule has 5 nitrogen and oxygen atoms in total. The van der Waals surface area contributed by atoms with Crippen LogP contribution in [-0.2, 0) is 0 Å². The van der Waals surface area contributed by atoms with Crippen LogP contribution in [0.5, 0.6) is 0 Å². The number of para-hydroxylation sites is 1. The molecule has 0 spiro atoms. The van der Waals surface area contributed by atoms with Crippen molar-refractivity contribution in [2.75, 3.05) is 27.2 Å². The predicted octanol–water partition coefficient (Wildman–Crippen LogP) is 0.853. The fourth-order valence-corrected chi connectivity index (χ4v) is 3.44. The Labute approximate surface area is 160 Å². The summed E-state index contributed by atoms with van der Waals surface area (Å²) in [5.41, 5.74) is 2.79. The van der Waals surface area contributed by atoms with Gasteiger partial charge in [0.05, 0.1) is 30.7 Å². The zero-order valence-corrected chi connectivity index (χ0v) is 16.7. The van der Waals surface area contributed by atoms with Crippen LogP contribution in [0.25, 0.3) is 16.6 Å². The van der Waals surface area contributed by atoms with E-state index >= 15 is 0 Å². The normalized spacial score (nSPS) is 12.6. The highest BCUT2D eigenvalue weighted by Crippen LogP contribution is 2.18. The largest absolute Gasteiger partial charge is 0.335 e. The van der Waals surface area contributed by atoms with Crippen LogP contribution in [0.15, 0.2) is 53.3 Å². The number of rotatable bonds is 7. The van der Waals surface area contributed by atoms with E-state index in [4.69, 9.17) is 4.98 Å². The van der Waals surface area contributed by atoms with Crippen LogP contribution in [0.1, 0.15) is 30.8 Å². The predicted molar refractivity (Wildman–Crippen MR) is 110 cm³/mol. The zero-order chi connectivity index (χ0) is 19.4. The SMILES string of the molecule is CC[C@@H]([NH2+]CC[NH+](C)C)c1nc2ccccc2c(=O)n1-c1cccc(C)c1. The van der Waals surface area contributed by atoms with E-state index in [1.54, 1.807) is 0 Å². The summed E-state index contributed by atoms with van der Waals surface area (Å²) in [6.07, 6.45) is 0.916. The number of aromatic nitrogens is 2. The van der Waals surface area contributed by atoms with Gasteiger partial charge in [-0.05, 0) is 36.8 Å². The Morgan fingerprint density at radius 3 is 2.63 bits per heavy atom. The summed E-state index contributed by atoms with van der Waals surface area (Å²) in [4.78, 5) is 19.7. The van der Waals surface area contributed by atoms with Crippen molar-refractivity contribution < 1.29 is 10.2 Å². The van der Waals surface area contributed by atoms with Gasteiger partial charge in [0.15, 0.2) is 5.82 Å². The first-order chi connectivity index (χ1) is 13.0. The van der Waals surface area contributed by atoms with Crippen molar-refractivity contribution in [2.45, 2.75) is 26.3 Å². The van der Waals surface area contributed by atoms with Crippen LogP contribution >= 0.6 is 0 Å². The highest BCUT2D eigenvalue weighted by Gasteiger charge is 2.22. The molecule has 0 aliphatic rings.